The van der Waals surface area contributed by atoms with E-state index in [2.05, 4.69) is 17.4 Å². The van der Waals surface area contributed by atoms with Crippen molar-refractivity contribution in [3.05, 3.63) is 0 Å². The Bertz CT molecular complexity index is 189. The highest BCUT2D eigenvalue weighted by Crippen LogP contribution is 1.97. The van der Waals surface area contributed by atoms with E-state index in [1.807, 2.05) is 11.9 Å². The van der Waals surface area contributed by atoms with Crippen LogP contribution in [0.3, 0.4) is 0 Å². The van der Waals surface area contributed by atoms with Crippen LogP contribution in [-0.4, -0.2) is 55.6 Å². The predicted octanol–water partition coefficient (Wildman–Crippen LogP) is -1.14. The molecule has 1 rings (SSSR count). The monoisotopic (exact) mass is 200 g/mol. The van der Waals surface area contributed by atoms with Crippen molar-refractivity contribution < 1.29 is 4.79 Å². The van der Waals surface area contributed by atoms with E-state index in [9.17, 15) is 4.79 Å². The number of nitrogens with two attached hydrogens (primary N) is 1. The Morgan fingerprint density at radius 3 is 2.50 bits per heavy atom. The van der Waals surface area contributed by atoms with E-state index < -0.39 is 0 Å². The summed E-state index contributed by atoms with van der Waals surface area (Å²) >= 11 is 0. The smallest absolute Gasteiger partial charge is 0.238 e. The fraction of sp³-hybridized carbons (Fsp3) is 0.889. The molecule has 1 heterocycles. The van der Waals surface area contributed by atoms with E-state index >= 15 is 0 Å². The van der Waals surface area contributed by atoms with Gasteiger partial charge in [0.1, 0.15) is 0 Å². The maximum absolute atomic E-state index is 11.5. The number of likely N-dealkylation sites (N-methyl/N-ethyl adjacent to an activating group) is 1. The van der Waals surface area contributed by atoms with Gasteiger partial charge in [-0.2, -0.15) is 0 Å². The lowest BCUT2D eigenvalue weighted by molar-refractivity contribution is -0.129. The molecule has 0 radical (unpaired) electrons. The van der Waals surface area contributed by atoms with E-state index in [1.165, 1.54) is 0 Å². The van der Waals surface area contributed by atoms with Crippen LogP contribution in [0.1, 0.15) is 6.92 Å². The number of nitrogens with zero attached hydrogens (tertiary/aromatic N) is 2. The number of piperazine rings is 1. The van der Waals surface area contributed by atoms with Crippen LogP contribution in [0.15, 0.2) is 0 Å². The second-order valence-electron chi connectivity index (χ2n) is 3.90. The van der Waals surface area contributed by atoms with Crippen molar-refractivity contribution in [2.75, 3.05) is 39.8 Å². The van der Waals surface area contributed by atoms with Gasteiger partial charge in [0.2, 0.25) is 5.91 Å². The largest absolute Gasteiger partial charge is 0.330 e. The van der Waals surface area contributed by atoms with Crippen molar-refractivity contribution in [1.29, 1.82) is 0 Å². The summed E-state index contributed by atoms with van der Waals surface area (Å²) in [6.45, 7) is 6.01. The van der Waals surface area contributed by atoms with E-state index in [1.54, 1.807) is 0 Å². The number of carbonyl (C=O) groups is 1. The van der Waals surface area contributed by atoms with Crippen molar-refractivity contribution in [3.63, 3.8) is 0 Å². The molecular weight excluding hydrogens is 180 g/mol. The molecule has 1 aliphatic rings. The molecule has 1 fully saturated rings. The van der Waals surface area contributed by atoms with Gasteiger partial charge in [0.25, 0.3) is 0 Å². The predicted molar refractivity (Wildman–Crippen MR) is 55.4 cm³/mol. The van der Waals surface area contributed by atoms with Gasteiger partial charge in [0, 0.05) is 38.6 Å². The Hall–Kier alpha value is -0.650. The molecule has 0 aromatic carbocycles. The third-order valence-corrected chi connectivity index (χ3v) is 2.57. The second kappa shape index (κ2) is 5.29. The van der Waals surface area contributed by atoms with E-state index in [0.29, 0.717) is 6.54 Å². The molecule has 14 heavy (non-hydrogen) atoms. The highest BCUT2D eigenvalue weighted by atomic mass is 16.2. The van der Waals surface area contributed by atoms with Crippen LogP contribution in [-0.2, 0) is 4.79 Å². The highest BCUT2D eigenvalue weighted by Gasteiger charge is 2.18. The minimum Gasteiger partial charge on any atom is -0.330 e. The Kier molecular flexibility index (Phi) is 4.31. The number of hydrogen-bond donors (Lipinski definition) is 2. The van der Waals surface area contributed by atoms with Crippen LogP contribution >= 0.6 is 0 Å². The van der Waals surface area contributed by atoms with Crippen LogP contribution in [0.4, 0.5) is 0 Å². The summed E-state index contributed by atoms with van der Waals surface area (Å²) in [5.41, 5.74) is 8.29. The van der Waals surface area contributed by atoms with Gasteiger partial charge >= 0.3 is 0 Å². The number of hydrazine groups is 1. The van der Waals surface area contributed by atoms with Crippen molar-refractivity contribution in [2.24, 2.45) is 11.7 Å². The summed E-state index contributed by atoms with van der Waals surface area (Å²) in [5, 5.41) is 1.97. The summed E-state index contributed by atoms with van der Waals surface area (Å²) in [4.78, 5) is 13.7. The number of nitrogens with one attached hydrogen (secondary N) is 1. The SMILES string of the molecule is CC(CN)C(=O)NN1CCN(C)CC1. The number of rotatable bonds is 3. The number of amides is 1. The Labute approximate surface area is 85.2 Å². The summed E-state index contributed by atoms with van der Waals surface area (Å²) in [6.07, 6.45) is 0. The summed E-state index contributed by atoms with van der Waals surface area (Å²) in [5.74, 6) is -0.0771. The van der Waals surface area contributed by atoms with Crippen molar-refractivity contribution in [2.45, 2.75) is 6.92 Å². The lowest BCUT2D eigenvalue weighted by atomic mass is 10.2. The first-order valence-corrected chi connectivity index (χ1v) is 5.07. The lowest BCUT2D eigenvalue weighted by Crippen LogP contribution is -2.54. The van der Waals surface area contributed by atoms with E-state index in [0.717, 1.165) is 26.2 Å². The normalized spacial score (nSPS) is 21.9. The maximum atomic E-state index is 11.5. The van der Waals surface area contributed by atoms with Crippen molar-refractivity contribution >= 4 is 5.91 Å². The highest BCUT2D eigenvalue weighted by molar-refractivity contribution is 5.77. The van der Waals surface area contributed by atoms with Crippen molar-refractivity contribution in [3.8, 4) is 0 Å². The minimum absolute atomic E-state index is 0.0250. The summed E-state index contributed by atoms with van der Waals surface area (Å²) in [7, 11) is 2.08. The first kappa shape index (κ1) is 11.4. The van der Waals surface area contributed by atoms with Crippen LogP contribution in [0.25, 0.3) is 0 Å². The van der Waals surface area contributed by atoms with Gasteiger partial charge in [-0.1, -0.05) is 6.92 Å². The van der Waals surface area contributed by atoms with Gasteiger partial charge in [0.15, 0.2) is 0 Å². The van der Waals surface area contributed by atoms with Crippen molar-refractivity contribution in [1.82, 2.24) is 15.3 Å². The molecule has 0 saturated carbocycles. The maximum Gasteiger partial charge on any atom is 0.238 e. The standard InChI is InChI=1S/C9H20N4O/c1-8(7-10)9(14)11-13-5-3-12(2)4-6-13/h8H,3-7,10H2,1-2H3,(H,11,14). The van der Waals surface area contributed by atoms with Gasteiger partial charge in [-0.25, -0.2) is 5.01 Å². The van der Waals surface area contributed by atoms with Gasteiger partial charge < -0.3 is 10.6 Å². The molecule has 0 aromatic heterocycles. The molecule has 0 aromatic rings. The summed E-state index contributed by atoms with van der Waals surface area (Å²) in [6, 6.07) is 0. The first-order chi connectivity index (χ1) is 6.63. The topological polar surface area (TPSA) is 61.6 Å². The lowest BCUT2D eigenvalue weighted by Gasteiger charge is -2.32. The average molecular weight is 200 g/mol. The molecule has 0 aliphatic carbocycles. The molecule has 5 heteroatoms. The average Bonchev–Trinajstić information content (AvgIpc) is 2.20. The van der Waals surface area contributed by atoms with Crippen LogP contribution in [0.2, 0.25) is 0 Å². The van der Waals surface area contributed by atoms with E-state index in [4.69, 9.17) is 5.73 Å². The molecule has 0 bridgehead atoms. The zero-order valence-corrected chi connectivity index (χ0v) is 8.99. The van der Waals surface area contributed by atoms with Crippen LogP contribution in [0, 0.1) is 5.92 Å². The Balaban J connectivity index is 2.27. The fourth-order valence-electron chi connectivity index (χ4n) is 1.29. The Morgan fingerprint density at radius 2 is 2.00 bits per heavy atom. The molecule has 3 N–H and O–H groups in total. The third-order valence-electron chi connectivity index (χ3n) is 2.57. The minimum atomic E-state index is -0.102. The zero-order chi connectivity index (χ0) is 10.6. The molecule has 82 valence electrons. The molecule has 1 unspecified atom stereocenters. The number of hydrogen-bond acceptors (Lipinski definition) is 4. The molecular formula is C9H20N4O. The first-order valence-electron chi connectivity index (χ1n) is 5.07. The summed E-state index contributed by atoms with van der Waals surface area (Å²) < 4.78 is 0. The van der Waals surface area contributed by atoms with Gasteiger partial charge in [0.05, 0.1) is 0 Å². The fourth-order valence-corrected chi connectivity index (χ4v) is 1.29. The van der Waals surface area contributed by atoms with Gasteiger partial charge in [-0.05, 0) is 7.05 Å². The second-order valence-corrected chi connectivity index (χ2v) is 3.90. The number of carbonyl (C=O) groups excluding carboxylic acids is 1. The van der Waals surface area contributed by atoms with Crippen LogP contribution in [0.5, 0.6) is 0 Å². The quantitative estimate of drug-likeness (QED) is 0.604. The van der Waals surface area contributed by atoms with Gasteiger partial charge in [-0.3, -0.25) is 10.2 Å². The molecule has 0 spiro atoms. The van der Waals surface area contributed by atoms with E-state index in [-0.39, 0.29) is 11.8 Å². The third kappa shape index (κ3) is 3.25. The molecule has 1 saturated heterocycles. The zero-order valence-electron chi connectivity index (χ0n) is 8.99. The van der Waals surface area contributed by atoms with Crippen LogP contribution < -0.4 is 11.2 Å². The molecule has 1 atom stereocenters. The molecule has 5 nitrogen and oxygen atoms in total. The Morgan fingerprint density at radius 1 is 1.43 bits per heavy atom. The van der Waals surface area contributed by atoms with Gasteiger partial charge in [-0.15, -0.1) is 0 Å². The molecule has 1 aliphatic heterocycles. The molecule has 1 amide bonds.